The van der Waals surface area contributed by atoms with Crippen LogP contribution in [-0.2, 0) is 9.47 Å². The van der Waals surface area contributed by atoms with Crippen LogP contribution in [0.3, 0.4) is 0 Å². The van der Waals surface area contributed by atoms with Crippen LogP contribution in [0, 0.1) is 0 Å². The van der Waals surface area contributed by atoms with E-state index >= 15 is 0 Å². The van der Waals surface area contributed by atoms with Crippen molar-refractivity contribution in [2.75, 3.05) is 26.9 Å². The molecule has 1 aromatic carbocycles. The van der Waals surface area contributed by atoms with Gasteiger partial charge in [0.05, 0.1) is 6.61 Å². The Bertz CT molecular complexity index is 567. The molecule has 1 aliphatic heterocycles. The van der Waals surface area contributed by atoms with Crippen molar-refractivity contribution in [1.29, 1.82) is 0 Å². The van der Waals surface area contributed by atoms with Gasteiger partial charge in [-0.3, -0.25) is 0 Å². The Morgan fingerprint density at radius 2 is 2.04 bits per heavy atom. The standard InChI is InChI=1S/C20H31NO4/c1-15-13-17(9-10-21(15)19(22)25-20(2,3)4)16-7-6-8-18(14-16)24-12-11-23-5/h6-8,14-15,17H,9-13H2,1-5H3. The van der Waals surface area contributed by atoms with Crippen LogP contribution in [0.4, 0.5) is 4.79 Å². The molecule has 5 heteroatoms. The number of likely N-dealkylation sites (tertiary alicyclic amines) is 1. The van der Waals surface area contributed by atoms with Crippen molar-refractivity contribution in [3.63, 3.8) is 0 Å². The first kappa shape index (κ1) is 19.6. The van der Waals surface area contributed by atoms with Crippen LogP contribution < -0.4 is 4.74 Å². The lowest BCUT2D eigenvalue weighted by molar-refractivity contribution is 0.0103. The van der Waals surface area contributed by atoms with E-state index in [1.165, 1.54) is 5.56 Å². The van der Waals surface area contributed by atoms with Gasteiger partial charge in [0.2, 0.25) is 0 Å². The van der Waals surface area contributed by atoms with Gasteiger partial charge in [-0.1, -0.05) is 12.1 Å². The average molecular weight is 349 g/mol. The van der Waals surface area contributed by atoms with Gasteiger partial charge in [0.15, 0.2) is 0 Å². The molecular formula is C20H31NO4. The maximum absolute atomic E-state index is 12.3. The Kier molecular flexibility index (Phi) is 6.71. The van der Waals surface area contributed by atoms with Crippen molar-refractivity contribution in [1.82, 2.24) is 4.90 Å². The Hall–Kier alpha value is -1.75. The molecule has 0 N–H and O–H groups in total. The zero-order chi connectivity index (χ0) is 18.4. The molecule has 0 radical (unpaired) electrons. The van der Waals surface area contributed by atoms with Crippen LogP contribution in [0.2, 0.25) is 0 Å². The summed E-state index contributed by atoms with van der Waals surface area (Å²) in [5.41, 5.74) is 0.812. The summed E-state index contributed by atoms with van der Waals surface area (Å²) in [5, 5.41) is 0. The Labute approximate surface area is 151 Å². The first-order chi connectivity index (χ1) is 11.8. The Balaban J connectivity index is 1.96. The third-order valence-electron chi connectivity index (χ3n) is 4.39. The summed E-state index contributed by atoms with van der Waals surface area (Å²) in [6.07, 6.45) is 1.65. The second-order valence-electron chi connectivity index (χ2n) is 7.66. The minimum atomic E-state index is -0.457. The Morgan fingerprint density at radius 3 is 2.68 bits per heavy atom. The number of amides is 1. The van der Waals surface area contributed by atoms with Crippen LogP contribution in [0.25, 0.3) is 0 Å². The predicted octanol–water partition coefficient (Wildman–Crippen LogP) is 4.21. The number of ether oxygens (including phenoxy) is 3. The minimum Gasteiger partial charge on any atom is -0.491 e. The predicted molar refractivity (Wildman–Crippen MR) is 98.2 cm³/mol. The molecule has 25 heavy (non-hydrogen) atoms. The van der Waals surface area contributed by atoms with Crippen molar-refractivity contribution in [2.24, 2.45) is 0 Å². The first-order valence-electron chi connectivity index (χ1n) is 9.01. The van der Waals surface area contributed by atoms with Gasteiger partial charge in [0, 0.05) is 19.7 Å². The van der Waals surface area contributed by atoms with Crippen LogP contribution in [0.15, 0.2) is 24.3 Å². The molecule has 1 heterocycles. The number of benzene rings is 1. The fraction of sp³-hybridized carbons (Fsp3) is 0.650. The van der Waals surface area contributed by atoms with Crippen molar-refractivity contribution in [2.45, 2.75) is 58.1 Å². The van der Waals surface area contributed by atoms with E-state index in [-0.39, 0.29) is 12.1 Å². The van der Waals surface area contributed by atoms with Gasteiger partial charge < -0.3 is 19.1 Å². The third kappa shape index (κ3) is 5.92. The molecule has 2 unspecified atom stereocenters. The molecule has 0 aliphatic carbocycles. The van der Waals surface area contributed by atoms with Crippen molar-refractivity contribution < 1.29 is 19.0 Å². The highest BCUT2D eigenvalue weighted by atomic mass is 16.6. The average Bonchev–Trinajstić information content (AvgIpc) is 2.53. The third-order valence-corrected chi connectivity index (χ3v) is 4.39. The molecule has 0 saturated carbocycles. The lowest BCUT2D eigenvalue weighted by atomic mass is 9.86. The monoisotopic (exact) mass is 349 g/mol. The number of hydrogen-bond acceptors (Lipinski definition) is 4. The molecule has 0 bridgehead atoms. The quantitative estimate of drug-likeness (QED) is 0.747. The zero-order valence-corrected chi connectivity index (χ0v) is 16.1. The van der Waals surface area contributed by atoms with Gasteiger partial charge in [-0.05, 0) is 64.2 Å². The summed E-state index contributed by atoms with van der Waals surface area (Å²) >= 11 is 0. The fourth-order valence-corrected chi connectivity index (χ4v) is 3.17. The second-order valence-corrected chi connectivity index (χ2v) is 7.66. The van der Waals surface area contributed by atoms with Gasteiger partial charge in [-0.15, -0.1) is 0 Å². The highest BCUT2D eigenvalue weighted by molar-refractivity contribution is 5.68. The number of carbonyl (C=O) groups is 1. The summed E-state index contributed by atoms with van der Waals surface area (Å²) in [6, 6.07) is 8.41. The maximum Gasteiger partial charge on any atom is 0.410 e. The molecule has 0 aromatic heterocycles. The minimum absolute atomic E-state index is 0.159. The zero-order valence-electron chi connectivity index (χ0n) is 16.1. The lowest BCUT2D eigenvalue weighted by Crippen LogP contribution is -2.46. The smallest absolute Gasteiger partial charge is 0.410 e. The van der Waals surface area contributed by atoms with E-state index < -0.39 is 5.60 Å². The van der Waals surface area contributed by atoms with Gasteiger partial charge in [-0.2, -0.15) is 0 Å². The van der Waals surface area contributed by atoms with Crippen LogP contribution in [-0.4, -0.2) is 49.5 Å². The molecule has 1 aromatic rings. The van der Waals surface area contributed by atoms with Crippen LogP contribution in [0.1, 0.15) is 52.0 Å². The molecular weight excluding hydrogens is 318 g/mol. The summed E-state index contributed by atoms with van der Waals surface area (Å²) in [4.78, 5) is 14.2. The number of rotatable bonds is 5. The van der Waals surface area contributed by atoms with Gasteiger partial charge in [0.25, 0.3) is 0 Å². The topological polar surface area (TPSA) is 48.0 Å². The second kappa shape index (κ2) is 8.56. The van der Waals surface area contributed by atoms with Crippen LogP contribution in [0.5, 0.6) is 5.75 Å². The number of hydrogen-bond donors (Lipinski definition) is 0. The van der Waals surface area contributed by atoms with E-state index in [0.717, 1.165) is 25.1 Å². The number of piperidine rings is 1. The Morgan fingerprint density at radius 1 is 1.28 bits per heavy atom. The SMILES string of the molecule is COCCOc1cccc(C2CCN(C(=O)OC(C)(C)C)C(C)C2)c1. The molecule has 1 amide bonds. The number of nitrogens with zero attached hydrogens (tertiary/aromatic N) is 1. The molecule has 2 atom stereocenters. The van der Waals surface area contributed by atoms with E-state index in [1.807, 2.05) is 37.8 Å². The normalized spacial score (nSPS) is 21.1. The number of methoxy groups -OCH3 is 1. The largest absolute Gasteiger partial charge is 0.491 e. The van der Waals surface area contributed by atoms with Gasteiger partial charge >= 0.3 is 6.09 Å². The van der Waals surface area contributed by atoms with Crippen LogP contribution >= 0.6 is 0 Å². The molecule has 1 aliphatic rings. The molecule has 1 saturated heterocycles. The highest BCUT2D eigenvalue weighted by Gasteiger charge is 2.32. The first-order valence-corrected chi connectivity index (χ1v) is 9.01. The van der Waals surface area contributed by atoms with E-state index in [0.29, 0.717) is 19.1 Å². The van der Waals surface area contributed by atoms with Gasteiger partial charge in [0.1, 0.15) is 18.0 Å². The fourth-order valence-electron chi connectivity index (χ4n) is 3.17. The maximum atomic E-state index is 12.3. The molecule has 0 spiro atoms. The number of carbonyl (C=O) groups excluding carboxylic acids is 1. The van der Waals surface area contributed by atoms with Crippen molar-refractivity contribution in [3.8, 4) is 5.75 Å². The molecule has 1 fully saturated rings. The molecule has 2 rings (SSSR count). The summed E-state index contributed by atoms with van der Waals surface area (Å²) < 4.78 is 16.2. The summed E-state index contributed by atoms with van der Waals surface area (Å²) in [5.74, 6) is 1.30. The highest BCUT2D eigenvalue weighted by Crippen LogP contribution is 2.33. The summed E-state index contributed by atoms with van der Waals surface area (Å²) in [7, 11) is 1.67. The van der Waals surface area contributed by atoms with Crippen molar-refractivity contribution in [3.05, 3.63) is 29.8 Å². The summed E-state index contributed by atoms with van der Waals surface area (Å²) in [6.45, 7) is 9.64. The van der Waals surface area contributed by atoms with Gasteiger partial charge in [-0.25, -0.2) is 4.79 Å². The molecule has 140 valence electrons. The van der Waals surface area contributed by atoms with E-state index in [2.05, 4.69) is 19.1 Å². The lowest BCUT2D eigenvalue weighted by Gasteiger charge is -2.38. The van der Waals surface area contributed by atoms with E-state index in [4.69, 9.17) is 14.2 Å². The van der Waals surface area contributed by atoms with Crippen molar-refractivity contribution >= 4 is 6.09 Å². The molecule has 5 nitrogen and oxygen atoms in total. The van der Waals surface area contributed by atoms with E-state index in [1.54, 1.807) is 7.11 Å². The van der Waals surface area contributed by atoms with E-state index in [9.17, 15) is 4.79 Å².